The number of nitrogens with zero attached hydrogens (tertiary/aromatic N) is 1. The van der Waals surface area contributed by atoms with Crippen molar-refractivity contribution in [3.63, 3.8) is 0 Å². The van der Waals surface area contributed by atoms with E-state index < -0.39 is 6.10 Å². The third-order valence-electron chi connectivity index (χ3n) is 3.46. The third kappa shape index (κ3) is 4.94. The minimum absolute atomic E-state index is 0.128. The molecule has 0 spiro atoms. The zero-order valence-corrected chi connectivity index (χ0v) is 12.6. The fraction of sp³-hybridized carbons (Fsp3) is 0.625. The first-order valence-corrected chi connectivity index (χ1v) is 7.00. The van der Waals surface area contributed by atoms with Gasteiger partial charge in [-0.25, -0.2) is 0 Å². The van der Waals surface area contributed by atoms with E-state index in [2.05, 4.69) is 32.9 Å². The zero-order chi connectivity index (χ0) is 14.5. The van der Waals surface area contributed by atoms with E-state index >= 15 is 0 Å². The molecule has 1 unspecified atom stereocenters. The highest BCUT2D eigenvalue weighted by Crippen LogP contribution is 2.24. The molecule has 0 aliphatic heterocycles. The van der Waals surface area contributed by atoms with Gasteiger partial charge in [0.15, 0.2) is 0 Å². The highest BCUT2D eigenvalue weighted by atomic mass is 16.3. The fourth-order valence-corrected chi connectivity index (χ4v) is 2.08. The van der Waals surface area contributed by atoms with Gasteiger partial charge in [-0.2, -0.15) is 0 Å². The van der Waals surface area contributed by atoms with Crippen molar-refractivity contribution in [3.05, 3.63) is 35.4 Å². The van der Waals surface area contributed by atoms with E-state index in [1.807, 2.05) is 24.0 Å². The Morgan fingerprint density at radius 1 is 1.16 bits per heavy atom. The maximum Gasteiger partial charge on any atom is 0.0916 e. The molecule has 3 nitrogen and oxygen atoms in total. The van der Waals surface area contributed by atoms with Gasteiger partial charge in [0.2, 0.25) is 0 Å². The van der Waals surface area contributed by atoms with Crippen LogP contribution >= 0.6 is 0 Å². The molecule has 1 aromatic rings. The lowest BCUT2D eigenvalue weighted by Crippen LogP contribution is -2.31. The molecule has 0 aromatic heterocycles. The maximum atomic E-state index is 10.2. The van der Waals surface area contributed by atoms with Crippen LogP contribution in [-0.2, 0) is 5.41 Å². The van der Waals surface area contributed by atoms with Crippen LogP contribution in [-0.4, -0.2) is 41.4 Å². The molecule has 0 aliphatic rings. The molecule has 1 rings (SSSR count). The van der Waals surface area contributed by atoms with E-state index in [4.69, 9.17) is 5.11 Å². The molecule has 0 amide bonds. The molecule has 2 N–H and O–H groups in total. The summed E-state index contributed by atoms with van der Waals surface area (Å²) in [4.78, 5) is 2.04. The van der Waals surface area contributed by atoms with Crippen molar-refractivity contribution in [1.82, 2.24) is 4.90 Å². The number of benzene rings is 1. The normalized spacial score (nSPS) is 13.8. The first-order valence-electron chi connectivity index (χ1n) is 7.00. The lowest BCUT2D eigenvalue weighted by Gasteiger charge is -2.24. The molecule has 3 heteroatoms. The zero-order valence-electron chi connectivity index (χ0n) is 12.6. The molecule has 0 bridgehead atoms. The summed E-state index contributed by atoms with van der Waals surface area (Å²) in [5.41, 5.74) is 2.34. The van der Waals surface area contributed by atoms with Crippen LogP contribution in [0, 0.1) is 0 Å². The minimum atomic E-state index is -0.500. The van der Waals surface area contributed by atoms with Gasteiger partial charge in [0, 0.05) is 13.1 Å². The highest BCUT2D eigenvalue weighted by Gasteiger charge is 2.15. The molecule has 1 atom stereocenters. The van der Waals surface area contributed by atoms with Gasteiger partial charge in [-0.05, 0) is 23.1 Å². The first-order chi connectivity index (χ1) is 8.88. The topological polar surface area (TPSA) is 43.7 Å². The van der Waals surface area contributed by atoms with Crippen molar-refractivity contribution in [1.29, 1.82) is 0 Å². The second-order valence-electron chi connectivity index (χ2n) is 6.00. The van der Waals surface area contributed by atoms with Crippen LogP contribution in [0.2, 0.25) is 0 Å². The van der Waals surface area contributed by atoms with E-state index in [1.165, 1.54) is 5.56 Å². The number of likely N-dealkylation sites (N-methyl/N-ethyl adjacent to an activating group) is 1. The predicted molar refractivity (Wildman–Crippen MR) is 79.3 cm³/mol. The molecule has 19 heavy (non-hydrogen) atoms. The van der Waals surface area contributed by atoms with Gasteiger partial charge < -0.3 is 10.2 Å². The van der Waals surface area contributed by atoms with Crippen molar-refractivity contribution in [3.8, 4) is 0 Å². The summed E-state index contributed by atoms with van der Waals surface area (Å²) in [6.45, 7) is 10.7. The van der Waals surface area contributed by atoms with Gasteiger partial charge >= 0.3 is 0 Å². The van der Waals surface area contributed by atoms with Crippen molar-refractivity contribution < 1.29 is 10.2 Å². The minimum Gasteiger partial charge on any atom is -0.395 e. The van der Waals surface area contributed by atoms with Crippen LogP contribution in [0.4, 0.5) is 0 Å². The van der Waals surface area contributed by atoms with Crippen LogP contribution in [0.1, 0.15) is 44.9 Å². The number of rotatable bonds is 6. The molecule has 108 valence electrons. The van der Waals surface area contributed by atoms with Crippen LogP contribution in [0.3, 0.4) is 0 Å². The van der Waals surface area contributed by atoms with Gasteiger partial charge in [-0.15, -0.1) is 0 Å². The van der Waals surface area contributed by atoms with Crippen molar-refractivity contribution in [2.75, 3.05) is 26.2 Å². The molecule has 1 aromatic carbocycles. The lowest BCUT2D eigenvalue weighted by atomic mass is 9.86. The maximum absolute atomic E-state index is 10.2. The third-order valence-corrected chi connectivity index (χ3v) is 3.46. The highest BCUT2D eigenvalue weighted by molar-refractivity contribution is 5.28. The van der Waals surface area contributed by atoms with Crippen LogP contribution < -0.4 is 0 Å². The second-order valence-corrected chi connectivity index (χ2v) is 6.00. The van der Waals surface area contributed by atoms with Crippen LogP contribution in [0.15, 0.2) is 24.3 Å². The van der Waals surface area contributed by atoms with Crippen molar-refractivity contribution in [2.24, 2.45) is 0 Å². The Morgan fingerprint density at radius 3 is 2.16 bits per heavy atom. The average molecular weight is 265 g/mol. The SMILES string of the molecule is CCN(CCO)CC(O)c1ccc(C(C)(C)C)cc1. The Labute approximate surface area is 116 Å². The van der Waals surface area contributed by atoms with E-state index in [0.29, 0.717) is 13.1 Å². The van der Waals surface area contributed by atoms with Gasteiger partial charge in [0.25, 0.3) is 0 Å². The molecule has 0 radical (unpaired) electrons. The van der Waals surface area contributed by atoms with E-state index in [0.717, 1.165) is 12.1 Å². The summed E-state index contributed by atoms with van der Waals surface area (Å²) >= 11 is 0. The Kier molecular flexibility index (Phi) is 5.98. The quantitative estimate of drug-likeness (QED) is 0.829. The summed E-state index contributed by atoms with van der Waals surface area (Å²) in [6.07, 6.45) is -0.500. The monoisotopic (exact) mass is 265 g/mol. The Hall–Kier alpha value is -0.900. The van der Waals surface area contributed by atoms with Gasteiger partial charge in [-0.3, -0.25) is 4.90 Å². The summed E-state index contributed by atoms with van der Waals surface area (Å²) < 4.78 is 0. The molecule has 0 aliphatic carbocycles. The largest absolute Gasteiger partial charge is 0.395 e. The summed E-state index contributed by atoms with van der Waals surface area (Å²) in [7, 11) is 0. The molecule has 0 saturated carbocycles. The fourth-order valence-electron chi connectivity index (χ4n) is 2.08. The molecular weight excluding hydrogens is 238 g/mol. The van der Waals surface area contributed by atoms with Gasteiger partial charge in [0.05, 0.1) is 12.7 Å². The smallest absolute Gasteiger partial charge is 0.0916 e. The number of aliphatic hydroxyl groups excluding tert-OH is 2. The summed E-state index contributed by atoms with van der Waals surface area (Å²) in [5.74, 6) is 0. The number of hydrogen-bond donors (Lipinski definition) is 2. The first kappa shape index (κ1) is 16.2. The van der Waals surface area contributed by atoms with Gasteiger partial charge in [0.1, 0.15) is 0 Å². The second kappa shape index (κ2) is 7.04. The molecule has 0 heterocycles. The molecule has 0 fully saturated rings. The Morgan fingerprint density at radius 2 is 1.74 bits per heavy atom. The van der Waals surface area contributed by atoms with Gasteiger partial charge in [-0.1, -0.05) is 52.0 Å². The summed E-state index contributed by atoms with van der Waals surface area (Å²) in [6, 6.07) is 8.16. The van der Waals surface area contributed by atoms with Crippen LogP contribution in [0.25, 0.3) is 0 Å². The standard InChI is InChI=1S/C16H27NO2/c1-5-17(10-11-18)12-15(19)13-6-8-14(9-7-13)16(2,3)4/h6-9,15,18-19H,5,10-12H2,1-4H3. The Balaban J connectivity index is 2.69. The average Bonchev–Trinajstić information content (AvgIpc) is 2.37. The van der Waals surface area contributed by atoms with Crippen molar-refractivity contribution in [2.45, 2.75) is 39.2 Å². The van der Waals surface area contributed by atoms with Crippen LogP contribution in [0.5, 0.6) is 0 Å². The van der Waals surface area contributed by atoms with E-state index in [9.17, 15) is 5.11 Å². The number of aliphatic hydroxyl groups is 2. The molecular formula is C16H27NO2. The van der Waals surface area contributed by atoms with E-state index in [-0.39, 0.29) is 12.0 Å². The number of hydrogen-bond acceptors (Lipinski definition) is 3. The summed E-state index contributed by atoms with van der Waals surface area (Å²) in [5, 5.41) is 19.2. The molecule has 0 saturated heterocycles. The predicted octanol–water partition coefficient (Wildman–Crippen LogP) is 2.33. The van der Waals surface area contributed by atoms with E-state index in [1.54, 1.807) is 0 Å². The lowest BCUT2D eigenvalue weighted by molar-refractivity contribution is 0.103. The van der Waals surface area contributed by atoms with Crippen molar-refractivity contribution >= 4 is 0 Å². The Bertz CT molecular complexity index is 367.